The zero-order chi connectivity index (χ0) is 11.5. The van der Waals surface area contributed by atoms with Crippen molar-refractivity contribution in [3.8, 4) is 5.69 Å². The van der Waals surface area contributed by atoms with Gasteiger partial charge in [0, 0.05) is 25.2 Å². The quantitative estimate of drug-likeness (QED) is 0.654. The number of aromatic nitrogens is 2. The Morgan fingerprint density at radius 2 is 1.94 bits per heavy atom. The Morgan fingerprint density at radius 3 is 2.53 bits per heavy atom. The van der Waals surface area contributed by atoms with Crippen molar-refractivity contribution in [3.05, 3.63) is 58.8 Å². The molecule has 0 aliphatic heterocycles. The number of aromatic carboxylic acids is 1. The van der Waals surface area contributed by atoms with Crippen LogP contribution >= 0.6 is 0 Å². The summed E-state index contributed by atoms with van der Waals surface area (Å²) in [5.41, 5.74) is -0.627. The number of carboxylic acids is 1. The van der Waals surface area contributed by atoms with Gasteiger partial charge in [-0.1, -0.05) is 24.4 Å². The van der Waals surface area contributed by atoms with Gasteiger partial charge in [-0.2, -0.15) is 0 Å². The van der Waals surface area contributed by atoms with Gasteiger partial charge in [-0.05, 0) is 12.1 Å². The summed E-state index contributed by atoms with van der Waals surface area (Å²) in [4.78, 5) is 25.8. The zero-order valence-electron chi connectivity index (χ0n) is 8.46. The van der Waals surface area contributed by atoms with E-state index < -0.39 is 17.2 Å². The molecule has 0 unspecified atom stereocenters. The Hall–Kier alpha value is -1.81. The third-order valence-corrected chi connectivity index (χ3v) is 2.02. The summed E-state index contributed by atoms with van der Waals surface area (Å²) in [6, 6.07) is 8.70. The van der Waals surface area contributed by atoms with Crippen molar-refractivity contribution < 1.29 is 29.4 Å². The molecule has 1 aromatic carbocycles. The summed E-state index contributed by atoms with van der Waals surface area (Å²) >= 11 is 0. The fourth-order valence-electron chi connectivity index (χ4n) is 1.29. The van der Waals surface area contributed by atoms with Gasteiger partial charge in [-0.3, -0.25) is 9.59 Å². The fraction of sp³-hybridized carbons (Fsp3) is 0. The molecule has 0 atom stereocenters. The molecular weight excluding hydrogens is 311 g/mol. The molecule has 0 aliphatic rings. The maximum Gasteiger partial charge on any atom is 0.275 e. The molecule has 1 aromatic heterocycles. The predicted octanol–water partition coefficient (Wildman–Crippen LogP) is 0.728. The van der Waals surface area contributed by atoms with E-state index in [9.17, 15) is 9.59 Å². The fourth-order valence-corrected chi connectivity index (χ4v) is 1.29. The van der Waals surface area contributed by atoms with Crippen molar-refractivity contribution in [2.45, 2.75) is 0 Å². The van der Waals surface area contributed by atoms with Crippen LogP contribution in [0.5, 0.6) is 0 Å². The Kier molecular flexibility index (Phi) is 4.29. The average Bonchev–Trinajstić information content (AvgIpc) is 2.30. The van der Waals surface area contributed by atoms with Crippen LogP contribution in [0.25, 0.3) is 5.69 Å². The molecule has 0 fully saturated rings. The summed E-state index contributed by atoms with van der Waals surface area (Å²) in [6.45, 7) is 0. The van der Waals surface area contributed by atoms with Gasteiger partial charge in [0.05, 0.1) is 5.69 Å². The van der Waals surface area contributed by atoms with Gasteiger partial charge in [0.15, 0.2) is 0 Å². The van der Waals surface area contributed by atoms with E-state index in [2.05, 4.69) is 11.2 Å². The van der Waals surface area contributed by atoms with Crippen LogP contribution in [0.15, 0.2) is 41.3 Å². The van der Waals surface area contributed by atoms with E-state index in [-0.39, 0.29) is 19.5 Å². The number of hydrogen-bond acceptors (Lipinski definition) is 3. The van der Waals surface area contributed by atoms with Crippen molar-refractivity contribution in [2.75, 3.05) is 0 Å². The standard InChI is InChI=1S/C11H7N2O3.Rh/c14-10-9(11(15)16)12-6-7-13(10)8-4-2-1-3-5-8;/h1-5,7H,(H,15,16);/q-1;. The van der Waals surface area contributed by atoms with Crippen LogP contribution < -0.4 is 5.56 Å². The molecule has 5 nitrogen and oxygen atoms in total. The third-order valence-electron chi connectivity index (χ3n) is 2.02. The second kappa shape index (κ2) is 5.50. The number of nitrogens with zero attached hydrogens (tertiary/aromatic N) is 2. The van der Waals surface area contributed by atoms with Gasteiger partial charge in [0.25, 0.3) is 5.97 Å². The Labute approximate surface area is 110 Å². The van der Waals surface area contributed by atoms with Crippen molar-refractivity contribution in [1.29, 1.82) is 0 Å². The maximum atomic E-state index is 11.7. The smallest absolute Gasteiger partial charge is 0.275 e. The van der Waals surface area contributed by atoms with Crippen LogP contribution in [-0.2, 0) is 19.5 Å². The molecule has 89 valence electrons. The Balaban J connectivity index is 0.00000144. The molecule has 17 heavy (non-hydrogen) atoms. The molecule has 1 heterocycles. The first-order chi connectivity index (χ1) is 7.70. The summed E-state index contributed by atoms with van der Waals surface area (Å²) in [7, 11) is 0. The van der Waals surface area contributed by atoms with E-state index in [1.807, 2.05) is 0 Å². The number of hydrogen-bond donors (Lipinski definition) is 1. The van der Waals surface area contributed by atoms with Gasteiger partial charge in [-0.25, -0.2) is 0 Å². The first-order valence-electron chi connectivity index (χ1n) is 4.48. The maximum absolute atomic E-state index is 11.7. The molecule has 0 saturated heterocycles. The van der Waals surface area contributed by atoms with Crippen molar-refractivity contribution >= 4 is 5.97 Å². The van der Waals surface area contributed by atoms with E-state index in [0.717, 1.165) is 0 Å². The third kappa shape index (κ3) is 2.65. The first-order valence-corrected chi connectivity index (χ1v) is 4.48. The van der Waals surface area contributed by atoms with Crippen molar-refractivity contribution in [3.63, 3.8) is 0 Å². The minimum Gasteiger partial charge on any atom is -0.490 e. The summed E-state index contributed by atoms with van der Waals surface area (Å²) in [6.07, 6.45) is 3.69. The molecule has 2 rings (SSSR count). The van der Waals surface area contributed by atoms with Crippen LogP contribution in [0.1, 0.15) is 10.5 Å². The molecule has 0 bridgehead atoms. The topological polar surface area (TPSA) is 72.2 Å². The Bertz CT molecular complexity index is 581. The first kappa shape index (κ1) is 13.3. The second-order valence-electron chi connectivity index (χ2n) is 3.03. The zero-order valence-corrected chi connectivity index (χ0v) is 10.1. The predicted molar refractivity (Wildman–Crippen MR) is 55.6 cm³/mol. The largest absolute Gasteiger partial charge is 0.490 e. The Morgan fingerprint density at radius 1 is 1.29 bits per heavy atom. The van der Waals surface area contributed by atoms with E-state index in [4.69, 9.17) is 5.11 Å². The van der Waals surface area contributed by atoms with Gasteiger partial charge >= 0.3 is 0 Å². The monoisotopic (exact) mass is 318 g/mol. The molecule has 0 saturated carbocycles. The summed E-state index contributed by atoms with van der Waals surface area (Å²) in [5, 5.41) is 8.74. The number of benzene rings is 1. The van der Waals surface area contributed by atoms with Gasteiger partial charge < -0.3 is 14.7 Å². The van der Waals surface area contributed by atoms with Gasteiger partial charge in [0.1, 0.15) is 0 Å². The molecule has 0 amide bonds. The van der Waals surface area contributed by atoms with Crippen LogP contribution in [-0.4, -0.2) is 20.6 Å². The molecule has 2 aromatic rings. The minimum atomic E-state index is -1.36. The van der Waals surface area contributed by atoms with Gasteiger partial charge in [-0.15, -0.1) is 6.20 Å². The van der Waals surface area contributed by atoms with E-state index >= 15 is 0 Å². The van der Waals surface area contributed by atoms with Crippen LogP contribution in [0, 0.1) is 6.20 Å². The number of carbonyl (C=O) groups is 1. The molecule has 1 N–H and O–H groups in total. The van der Waals surface area contributed by atoms with E-state index in [1.165, 1.54) is 10.8 Å². The normalized spacial score (nSPS) is 9.41. The molecule has 0 aliphatic carbocycles. The van der Waals surface area contributed by atoms with Gasteiger partial charge in [0.2, 0.25) is 5.56 Å². The molecule has 6 heteroatoms. The minimum absolute atomic E-state index is 0. The van der Waals surface area contributed by atoms with E-state index in [0.29, 0.717) is 5.69 Å². The molecule has 1 radical (unpaired) electrons. The number of carboxylic acid groups (broad SMARTS) is 1. The summed E-state index contributed by atoms with van der Waals surface area (Å²) in [5.74, 6) is -1.36. The number of para-hydroxylation sites is 1. The SMILES string of the molecule is O=C(O)c1n[c-]cn(-c2ccccc2)c1=O.[Rh]. The second-order valence-corrected chi connectivity index (χ2v) is 3.03. The van der Waals surface area contributed by atoms with Crippen molar-refractivity contribution in [2.24, 2.45) is 0 Å². The van der Waals surface area contributed by atoms with Crippen LogP contribution in [0.4, 0.5) is 0 Å². The average molecular weight is 318 g/mol. The molecular formula is C11H7N2O3Rh-. The summed E-state index contributed by atoms with van der Waals surface area (Å²) < 4.78 is 1.19. The van der Waals surface area contributed by atoms with Crippen LogP contribution in [0.2, 0.25) is 0 Å². The van der Waals surface area contributed by atoms with E-state index in [1.54, 1.807) is 30.3 Å². The molecule has 0 spiro atoms. The van der Waals surface area contributed by atoms with Crippen molar-refractivity contribution in [1.82, 2.24) is 9.55 Å². The van der Waals surface area contributed by atoms with Crippen LogP contribution in [0.3, 0.4) is 0 Å². The number of rotatable bonds is 2.